The molecule has 92 valence electrons. The fourth-order valence-corrected chi connectivity index (χ4v) is 4.81. The molecule has 0 heterocycles. The third-order valence-corrected chi connectivity index (χ3v) is 8.64. The van der Waals surface area contributed by atoms with Gasteiger partial charge in [0.05, 0.1) is 13.2 Å². The molecule has 0 aromatic rings. The Morgan fingerprint density at radius 3 is 2.40 bits per heavy atom. The predicted octanol–water partition coefficient (Wildman–Crippen LogP) is 1.93. The summed E-state index contributed by atoms with van der Waals surface area (Å²) in [6.07, 6.45) is 3.99. The highest BCUT2D eigenvalue weighted by Gasteiger charge is 2.24. The number of hydrogen-bond donors (Lipinski definition) is 1. The molecule has 1 unspecified atom stereocenters. The quantitative estimate of drug-likeness (QED) is 0.428. The third kappa shape index (κ3) is 7.23. The van der Waals surface area contributed by atoms with Crippen molar-refractivity contribution in [3.63, 3.8) is 0 Å². The summed E-state index contributed by atoms with van der Waals surface area (Å²) in [6.45, 7) is 2.46. The molecule has 0 aromatic carbocycles. The SMILES string of the molecule is Br.CCOC(=O)CNC([PH2]=S)(SC)SC. The molecular weight excluding hydrogens is 337 g/mol. The molecule has 0 aliphatic heterocycles. The first-order chi connectivity index (χ1) is 6.64. The van der Waals surface area contributed by atoms with Crippen LogP contribution >= 0.6 is 47.9 Å². The lowest BCUT2D eigenvalue weighted by Crippen LogP contribution is -2.37. The fraction of sp³-hybridized carbons (Fsp3) is 0.857. The molecule has 3 nitrogen and oxygen atoms in total. The van der Waals surface area contributed by atoms with Gasteiger partial charge in [0.1, 0.15) is 3.94 Å². The van der Waals surface area contributed by atoms with Crippen LogP contribution in [-0.4, -0.2) is 35.6 Å². The van der Waals surface area contributed by atoms with Crippen LogP contribution < -0.4 is 5.32 Å². The van der Waals surface area contributed by atoms with Gasteiger partial charge in [-0.1, -0.05) is 0 Å². The molecule has 0 fully saturated rings. The lowest BCUT2D eigenvalue weighted by Gasteiger charge is -2.26. The zero-order valence-electron chi connectivity index (χ0n) is 8.94. The number of hydrogen-bond acceptors (Lipinski definition) is 6. The van der Waals surface area contributed by atoms with E-state index in [1.807, 2.05) is 12.5 Å². The highest BCUT2D eigenvalue weighted by atomic mass is 79.9. The second kappa shape index (κ2) is 10.4. The number of ether oxygens (including phenoxy) is 1. The Balaban J connectivity index is 0. The Kier molecular flexibility index (Phi) is 12.9. The van der Waals surface area contributed by atoms with Gasteiger partial charge in [-0.05, 0) is 26.8 Å². The summed E-state index contributed by atoms with van der Waals surface area (Å²) in [6, 6.07) is 0. The van der Waals surface area contributed by atoms with Crippen molar-refractivity contribution in [2.75, 3.05) is 25.7 Å². The van der Waals surface area contributed by atoms with Crippen LogP contribution in [0.3, 0.4) is 0 Å². The van der Waals surface area contributed by atoms with Crippen LogP contribution in [0.4, 0.5) is 0 Å². The van der Waals surface area contributed by atoms with E-state index in [9.17, 15) is 4.79 Å². The zero-order valence-corrected chi connectivity index (χ0v) is 14.3. The van der Waals surface area contributed by atoms with E-state index in [0.717, 1.165) is 0 Å². The van der Waals surface area contributed by atoms with Crippen LogP contribution in [0.1, 0.15) is 6.92 Å². The number of rotatable bonds is 7. The molecule has 0 saturated carbocycles. The van der Waals surface area contributed by atoms with E-state index >= 15 is 0 Å². The van der Waals surface area contributed by atoms with Crippen molar-refractivity contribution >= 4 is 65.6 Å². The van der Waals surface area contributed by atoms with Crippen LogP contribution in [0.25, 0.3) is 0 Å². The minimum Gasteiger partial charge on any atom is -0.465 e. The molecule has 0 rings (SSSR count). The van der Waals surface area contributed by atoms with Crippen molar-refractivity contribution in [1.29, 1.82) is 0 Å². The number of carbonyl (C=O) groups excluding carboxylic acids is 1. The fourth-order valence-electron chi connectivity index (χ4n) is 0.773. The molecule has 15 heavy (non-hydrogen) atoms. The van der Waals surface area contributed by atoms with Gasteiger partial charge >= 0.3 is 5.97 Å². The standard InChI is InChI=1S/C7H16NO2PS3.BrH/c1-4-10-6(9)5-8-7(11-12,13-2)14-3;/h8H,4-5,11H2,1-3H3;1H. The van der Waals surface area contributed by atoms with Gasteiger partial charge in [-0.3, -0.25) is 10.1 Å². The summed E-state index contributed by atoms with van der Waals surface area (Å²) < 4.78 is 4.66. The van der Waals surface area contributed by atoms with Crippen molar-refractivity contribution in [1.82, 2.24) is 5.32 Å². The first kappa shape index (κ1) is 18.6. The van der Waals surface area contributed by atoms with Crippen LogP contribution in [0.5, 0.6) is 0 Å². The molecule has 0 aromatic heterocycles. The average Bonchev–Trinajstić information content (AvgIpc) is 2.21. The molecule has 0 aliphatic carbocycles. The van der Waals surface area contributed by atoms with E-state index in [-0.39, 0.29) is 40.8 Å². The predicted molar refractivity (Wildman–Crippen MR) is 81.8 cm³/mol. The number of nitrogens with one attached hydrogen (secondary N) is 1. The minimum atomic E-state index is -0.220. The van der Waals surface area contributed by atoms with Crippen molar-refractivity contribution < 1.29 is 9.53 Å². The van der Waals surface area contributed by atoms with Gasteiger partial charge < -0.3 is 4.74 Å². The van der Waals surface area contributed by atoms with Gasteiger partial charge in [-0.15, -0.1) is 52.3 Å². The monoisotopic (exact) mass is 353 g/mol. The molecule has 1 N–H and O–H groups in total. The maximum Gasteiger partial charge on any atom is 0.319 e. The van der Waals surface area contributed by atoms with E-state index in [1.165, 1.54) is 0 Å². The maximum absolute atomic E-state index is 11.1. The lowest BCUT2D eigenvalue weighted by molar-refractivity contribution is -0.141. The molecule has 0 spiro atoms. The topological polar surface area (TPSA) is 38.3 Å². The van der Waals surface area contributed by atoms with Gasteiger partial charge in [0.25, 0.3) is 0 Å². The Hall–Kier alpha value is 1.26. The molecule has 0 aliphatic rings. The Morgan fingerprint density at radius 1 is 1.53 bits per heavy atom. The molecule has 8 heteroatoms. The molecular formula is C7H17BrNO2PS3. The number of esters is 1. The molecule has 0 bridgehead atoms. The third-order valence-electron chi connectivity index (χ3n) is 1.55. The highest BCUT2D eigenvalue weighted by molar-refractivity contribution is 8.93. The second-order valence-electron chi connectivity index (χ2n) is 2.35. The van der Waals surface area contributed by atoms with E-state index < -0.39 is 0 Å². The van der Waals surface area contributed by atoms with Gasteiger partial charge in [0.2, 0.25) is 0 Å². The van der Waals surface area contributed by atoms with Crippen LogP contribution in [0.15, 0.2) is 0 Å². The lowest BCUT2D eigenvalue weighted by atomic mass is 10.6. The Labute approximate surface area is 116 Å². The number of carbonyl (C=O) groups is 1. The van der Waals surface area contributed by atoms with Crippen LogP contribution in [0, 0.1) is 0 Å². The van der Waals surface area contributed by atoms with Crippen LogP contribution in [0.2, 0.25) is 0 Å². The minimum absolute atomic E-state index is 0. The summed E-state index contributed by atoms with van der Waals surface area (Å²) in [5.74, 6) is -0.220. The average molecular weight is 354 g/mol. The van der Waals surface area contributed by atoms with Gasteiger partial charge in [0.15, 0.2) is 0 Å². The van der Waals surface area contributed by atoms with Gasteiger partial charge in [-0.25, -0.2) is 0 Å². The zero-order chi connectivity index (χ0) is 11.0. The smallest absolute Gasteiger partial charge is 0.319 e. The van der Waals surface area contributed by atoms with Crippen molar-refractivity contribution in [2.45, 2.75) is 10.9 Å². The van der Waals surface area contributed by atoms with Crippen molar-refractivity contribution in [3.05, 3.63) is 0 Å². The highest BCUT2D eigenvalue weighted by Crippen LogP contribution is 2.40. The molecule has 0 radical (unpaired) electrons. The summed E-state index contributed by atoms with van der Waals surface area (Å²) in [5.41, 5.74) is 0. The van der Waals surface area contributed by atoms with Crippen LogP contribution in [-0.2, 0) is 21.3 Å². The molecule has 1 atom stereocenters. The van der Waals surface area contributed by atoms with E-state index in [2.05, 4.69) is 5.32 Å². The van der Waals surface area contributed by atoms with E-state index in [4.69, 9.17) is 16.5 Å². The first-order valence-corrected chi connectivity index (χ1v) is 9.02. The maximum atomic E-state index is 11.1. The molecule has 0 saturated heterocycles. The van der Waals surface area contributed by atoms with Crippen molar-refractivity contribution in [3.8, 4) is 0 Å². The van der Waals surface area contributed by atoms with Gasteiger partial charge in [-0.2, -0.15) is 0 Å². The summed E-state index contributed by atoms with van der Waals surface area (Å²) in [7, 11) is -0.167. The number of halogens is 1. The van der Waals surface area contributed by atoms with Gasteiger partial charge in [0, 0.05) is 0 Å². The molecule has 0 amide bonds. The van der Waals surface area contributed by atoms with E-state index in [0.29, 0.717) is 6.61 Å². The Bertz CT molecular complexity index is 205. The number of thioether (sulfide) groups is 2. The summed E-state index contributed by atoms with van der Waals surface area (Å²) >= 11 is 8.44. The second-order valence-corrected chi connectivity index (χ2v) is 7.36. The normalized spacial score (nSPS) is 11.4. The Morgan fingerprint density at radius 2 is 2.07 bits per heavy atom. The van der Waals surface area contributed by atoms with E-state index in [1.54, 1.807) is 30.4 Å². The largest absolute Gasteiger partial charge is 0.465 e. The van der Waals surface area contributed by atoms with Crippen molar-refractivity contribution in [2.24, 2.45) is 0 Å². The summed E-state index contributed by atoms with van der Waals surface area (Å²) in [4.78, 5) is 11.1. The summed E-state index contributed by atoms with van der Waals surface area (Å²) in [5, 5.41) is 3.15. The first-order valence-electron chi connectivity index (χ1n) is 4.11.